The smallest absolute Gasteiger partial charge is 0.0152 e. The Morgan fingerprint density at radius 2 is 1.64 bits per heavy atom. The summed E-state index contributed by atoms with van der Waals surface area (Å²) in [5, 5.41) is 2.76. The van der Waals surface area contributed by atoms with Gasteiger partial charge in [-0.3, -0.25) is 0 Å². The predicted molar refractivity (Wildman–Crippen MR) is 63.0 cm³/mol. The summed E-state index contributed by atoms with van der Waals surface area (Å²) in [4.78, 5) is 0. The largest absolute Gasteiger partial charge is 0.344 e. The number of hydrogen-bond donors (Lipinski definition) is 1. The summed E-state index contributed by atoms with van der Waals surface area (Å²) in [5.41, 5.74) is 1.47. The second kappa shape index (κ2) is 4.77. The van der Waals surface area contributed by atoms with Gasteiger partial charge in [-0.15, -0.1) is 0 Å². The van der Waals surface area contributed by atoms with Crippen molar-refractivity contribution in [2.75, 3.05) is 0 Å². The molecule has 0 amide bonds. The molecule has 0 fully saturated rings. The van der Waals surface area contributed by atoms with Gasteiger partial charge in [-0.25, -0.2) is 0 Å². The van der Waals surface area contributed by atoms with E-state index < -0.39 is 0 Å². The van der Waals surface area contributed by atoms with Crippen molar-refractivity contribution in [2.45, 2.75) is 19.8 Å². The monoisotopic (exact) mass is 187 g/mol. The maximum Gasteiger partial charge on any atom is -0.0152 e. The van der Waals surface area contributed by atoms with Crippen molar-refractivity contribution in [3.8, 4) is 0 Å². The van der Waals surface area contributed by atoms with Gasteiger partial charge in [0.15, 0.2) is 0 Å². The second-order valence-corrected chi connectivity index (χ2v) is 3.39. The molecule has 0 saturated heterocycles. The molecular formula is C13H17N. The Bertz CT molecular complexity index is 401. The Labute approximate surface area is 85.3 Å². The van der Waals surface area contributed by atoms with Crippen molar-refractivity contribution in [3.05, 3.63) is 48.0 Å². The van der Waals surface area contributed by atoms with Gasteiger partial charge in [0.25, 0.3) is 0 Å². The normalized spacial score (nSPS) is 9.79. The first-order valence-electron chi connectivity index (χ1n) is 4.88. The van der Waals surface area contributed by atoms with Gasteiger partial charge in [-0.1, -0.05) is 55.8 Å². The molecule has 3 N–H and O–H groups in total. The molecule has 0 radical (unpaired) electrons. The zero-order chi connectivity index (χ0) is 9.10. The molecule has 0 aliphatic heterocycles. The quantitative estimate of drug-likeness (QED) is 0.759. The van der Waals surface area contributed by atoms with Crippen molar-refractivity contribution in [2.24, 2.45) is 0 Å². The minimum Gasteiger partial charge on any atom is -0.344 e. The van der Waals surface area contributed by atoms with Gasteiger partial charge >= 0.3 is 0 Å². The molecule has 0 aromatic heterocycles. The number of aryl methyl sites for hydroxylation is 1. The van der Waals surface area contributed by atoms with Gasteiger partial charge in [0, 0.05) is 0 Å². The van der Waals surface area contributed by atoms with Crippen LogP contribution in [0, 0.1) is 0 Å². The summed E-state index contributed by atoms with van der Waals surface area (Å²) in [6, 6.07) is 15.1. The minimum atomic E-state index is 0. The summed E-state index contributed by atoms with van der Waals surface area (Å²) in [5.74, 6) is 0. The molecule has 0 aliphatic rings. The van der Waals surface area contributed by atoms with Gasteiger partial charge in [0.2, 0.25) is 0 Å². The minimum absolute atomic E-state index is 0. The predicted octanol–water partition coefficient (Wildman–Crippen LogP) is 3.95. The molecule has 2 aromatic carbocycles. The molecule has 0 unspecified atom stereocenters. The molecular weight excluding hydrogens is 170 g/mol. The van der Waals surface area contributed by atoms with Crippen molar-refractivity contribution >= 4 is 10.8 Å². The highest BCUT2D eigenvalue weighted by molar-refractivity contribution is 5.85. The van der Waals surface area contributed by atoms with Crippen LogP contribution < -0.4 is 6.15 Å². The fourth-order valence-electron chi connectivity index (χ4n) is 1.78. The van der Waals surface area contributed by atoms with E-state index in [1.54, 1.807) is 0 Å². The average molecular weight is 187 g/mol. The molecule has 0 spiro atoms. The zero-order valence-electron chi connectivity index (χ0n) is 8.66. The van der Waals surface area contributed by atoms with Crippen LogP contribution in [0.15, 0.2) is 42.5 Å². The summed E-state index contributed by atoms with van der Waals surface area (Å²) >= 11 is 0. The lowest BCUT2D eigenvalue weighted by atomic mass is 10.0. The maximum atomic E-state index is 2.23. The van der Waals surface area contributed by atoms with E-state index in [9.17, 15) is 0 Å². The molecule has 14 heavy (non-hydrogen) atoms. The van der Waals surface area contributed by atoms with Gasteiger partial charge in [-0.2, -0.15) is 0 Å². The highest BCUT2D eigenvalue weighted by atomic mass is 14.0. The molecule has 2 rings (SSSR count). The number of fused-ring (bicyclic) bond motifs is 1. The number of benzene rings is 2. The lowest BCUT2D eigenvalue weighted by molar-refractivity contribution is 0.930. The van der Waals surface area contributed by atoms with Gasteiger partial charge in [0.1, 0.15) is 0 Å². The van der Waals surface area contributed by atoms with Gasteiger partial charge in [0.05, 0.1) is 0 Å². The van der Waals surface area contributed by atoms with E-state index in [1.807, 2.05) is 0 Å². The van der Waals surface area contributed by atoms with E-state index >= 15 is 0 Å². The van der Waals surface area contributed by atoms with Crippen LogP contribution >= 0.6 is 0 Å². The highest BCUT2D eigenvalue weighted by Crippen LogP contribution is 2.19. The van der Waals surface area contributed by atoms with Crippen molar-refractivity contribution in [3.63, 3.8) is 0 Å². The van der Waals surface area contributed by atoms with Crippen LogP contribution in [0.5, 0.6) is 0 Å². The third-order valence-corrected chi connectivity index (χ3v) is 2.40. The van der Waals surface area contributed by atoms with Crippen LogP contribution in [0.25, 0.3) is 10.8 Å². The number of rotatable bonds is 2. The summed E-state index contributed by atoms with van der Waals surface area (Å²) < 4.78 is 0. The molecule has 74 valence electrons. The Kier molecular flexibility index (Phi) is 3.66. The van der Waals surface area contributed by atoms with E-state index in [0.29, 0.717) is 0 Å². The lowest BCUT2D eigenvalue weighted by Crippen LogP contribution is -1.84. The van der Waals surface area contributed by atoms with Crippen molar-refractivity contribution in [1.82, 2.24) is 6.15 Å². The van der Waals surface area contributed by atoms with Crippen molar-refractivity contribution < 1.29 is 0 Å². The van der Waals surface area contributed by atoms with Crippen LogP contribution in [0.2, 0.25) is 0 Å². The lowest BCUT2D eigenvalue weighted by Gasteiger charge is -2.03. The molecule has 0 saturated carbocycles. The molecule has 1 heteroatoms. The first-order chi connectivity index (χ1) is 6.42. The molecule has 1 nitrogen and oxygen atoms in total. The van der Waals surface area contributed by atoms with E-state index in [0.717, 1.165) is 0 Å². The van der Waals surface area contributed by atoms with Crippen molar-refractivity contribution in [1.29, 1.82) is 0 Å². The van der Waals surface area contributed by atoms with E-state index in [1.165, 1.54) is 29.2 Å². The Morgan fingerprint density at radius 1 is 0.929 bits per heavy atom. The first-order valence-corrected chi connectivity index (χ1v) is 4.88. The Hall–Kier alpha value is -1.34. The van der Waals surface area contributed by atoms with E-state index in [2.05, 4.69) is 49.4 Å². The summed E-state index contributed by atoms with van der Waals surface area (Å²) in [6.07, 6.45) is 2.40. The average Bonchev–Trinajstić information content (AvgIpc) is 2.19. The Morgan fingerprint density at radius 3 is 2.43 bits per heavy atom. The standard InChI is InChI=1S/C13H14.H3N/c1-2-6-11-8-5-9-12-7-3-4-10-13(11)12;/h3-5,7-10H,2,6H2,1H3;1H3. The molecule has 0 bridgehead atoms. The highest BCUT2D eigenvalue weighted by Gasteiger charge is 1.97. The topological polar surface area (TPSA) is 35.0 Å². The van der Waals surface area contributed by atoms with Crippen LogP contribution in [0.1, 0.15) is 18.9 Å². The summed E-state index contributed by atoms with van der Waals surface area (Å²) in [6.45, 7) is 2.22. The fraction of sp³-hybridized carbons (Fsp3) is 0.231. The van der Waals surface area contributed by atoms with Crippen LogP contribution in [0.4, 0.5) is 0 Å². The summed E-state index contributed by atoms with van der Waals surface area (Å²) in [7, 11) is 0. The van der Waals surface area contributed by atoms with Crippen LogP contribution in [0.3, 0.4) is 0 Å². The van der Waals surface area contributed by atoms with Crippen LogP contribution in [-0.4, -0.2) is 0 Å². The maximum absolute atomic E-state index is 2.23. The number of hydrogen-bond acceptors (Lipinski definition) is 1. The second-order valence-electron chi connectivity index (χ2n) is 3.39. The van der Waals surface area contributed by atoms with Gasteiger partial charge in [-0.05, 0) is 22.8 Å². The van der Waals surface area contributed by atoms with Crippen LogP contribution in [-0.2, 0) is 6.42 Å². The molecule has 0 heterocycles. The van der Waals surface area contributed by atoms with E-state index in [4.69, 9.17) is 0 Å². The first kappa shape index (κ1) is 10.7. The fourth-order valence-corrected chi connectivity index (χ4v) is 1.78. The van der Waals surface area contributed by atoms with Gasteiger partial charge < -0.3 is 6.15 Å². The zero-order valence-corrected chi connectivity index (χ0v) is 8.66. The molecule has 0 aliphatic carbocycles. The third-order valence-electron chi connectivity index (χ3n) is 2.40. The SMILES string of the molecule is CCCc1cccc2ccccc12.N. The Balaban J connectivity index is 0.000000980. The molecule has 0 atom stereocenters. The molecule has 2 aromatic rings. The van der Waals surface area contributed by atoms with E-state index in [-0.39, 0.29) is 6.15 Å². The third kappa shape index (κ3) is 1.94.